The maximum atomic E-state index is 14.3. The molecule has 8 rings (SSSR count). The van der Waals surface area contributed by atoms with Crippen LogP contribution in [0.1, 0.15) is 136 Å². The number of unbranched alkanes of at least 4 members (excludes halogenated alkanes) is 3. The van der Waals surface area contributed by atoms with E-state index >= 15 is 0 Å². The van der Waals surface area contributed by atoms with Gasteiger partial charge in [-0.3, -0.25) is 19.2 Å². The minimum absolute atomic E-state index is 0. The molecule has 3 amide bonds. The van der Waals surface area contributed by atoms with Gasteiger partial charge in [-0.15, -0.1) is 22.7 Å². The van der Waals surface area contributed by atoms with Crippen molar-refractivity contribution in [3.05, 3.63) is 131 Å². The number of fused-ring (bicyclic) bond motifs is 2. The molecular formula is C57H69Br3Cs2N4O7S2. The average molecular weight is 1490 g/mol. The molecule has 0 saturated carbocycles. The largest absolute Gasteiger partial charge is 1.00 e. The Morgan fingerprint density at radius 1 is 0.680 bits per heavy atom. The summed E-state index contributed by atoms with van der Waals surface area (Å²) in [6, 6.07) is 23.2. The van der Waals surface area contributed by atoms with Gasteiger partial charge in [-0.25, -0.2) is 4.99 Å². The zero-order valence-corrected chi connectivity index (χ0v) is 63.6. The van der Waals surface area contributed by atoms with Crippen LogP contribution in [0.4, 0.5) is 0 Å². The summed E-state index contributed by atoms with van der Waals surface area (Å²) in [5, 5.41) is 24.9. The number of rotatable bonds is 22. The monoisotopic (exact) mass is 1490 g/mol. The van der Waals surface area contributed by atoms with E-state index in [1.807, 2.05) is 93.4 Å². The van der Waals surface area contributed by atoms with E-state index in [1.165, 1.54) is 42.4 Å². The van der Waals surface area contributed by atoms with E-state index in [4.69, 9.17) is 10.1 Å². The molecule has 0 saturated heterocycles. The fourth-order valence-corrected chi connectivity index (χ4v) is 12.0. The smallest absolute Gasteiger partial charge is 1.00 e. The third-order valence-electron chi connectivity index (χ3n) is 13.4. The third kappa shape index (κ3) is 18.6. The molecule has 0 radical (unpaired) electrons. The standard InChI is InChI=1S/C32H41BrN2O2S.C16H9BrN2O2S.C8H17Br.CH2O3.2Cs.H/c1-5-9-12-22(7-3)20-34-29-27(24-15-17-25(33)18-16-24)31(36)35(21-23(8-4)13-10-6-2)30(29)28(32(34)37)26-14-11-19-38-26;17-9-5-3-8(4-6-9)11-13-14(19-15(11)20)12(16(21)18-13)10-2-1-7-22-10;1-3-5-6-8(4-2)7-9;2-1-4-3;;;/h11,14-19,22-23H,5-10,12-13,20-21H2,1-4H3;1-7,18,21H;8H,3-7H2,1-2H3;1,3H;;;/q;;;;2*+1;-1/p-1. The molecule has 0 fully saturated rings. The van der Waals surface area contributed by atoms with E-state index in [2.05, 4.69) is 104 Å². The van der Waals surface area contributed by atoms with Crippen molar-refractivity contribution in [3.8, 4) is 16.3 Å². The number of aromatic amines is 1. The fraction of sp³-hybridized carbons (Fsp3) is 0.421. The van der Waals surface area contributed by atoms with E-state index in [1.54, 1.807) is 11.3 Å². The first-order valence-corrected chi connectivity index (χ1v) is 29.9. The Hall–Kier alpha value is -0.346. The third-order valence-corrected chi connectivity index (χ3v) is 17.1. The van der Waals surface area contributed by atoms with Gasteiger partial charge in [0.1, 0.15) is 5.36 Å². The number of carbonyl (C=O) groups excluding carboxylic acids is 4. The van der Waals surface area contributed by atoms with Crippen LogP contribution in [0.2, 0.25) is 0 Å². The predicted octanol–water partition coefficient (Wildman–Crippen LogP) is 7.47. The predicted molar refractivity (Wildman–Crippen MR) is 306 cm³/mol. The van der Waals surface area contributed by atoms with E-state index in [0.717, 1.165) is 98.5 Å². The van der Waals surface area contributed by atoms with Crippen molar-refractivity contribution in [1.29, 1.82) is 0 Å². The summed E-state index contributed by atoms with van der Waals surface area (Å²) in [7, 11) is 0. The first-order valence-electron chi connectivity index (χ1n) is 25.4. The van der Waals surface area contributed by atoms with E-state index in [9.17, 15) is 19.5 Å². The van der Waals surface area contributed by atoms with E-state index in [0.29, 0.717) is 57.9 Å². The number of carbonyl (C=O) groups is 4. The van der Waals surface area contributed by atoms with Gasteiger partial charge in [-0.1, -0.05) is 184 Å². The van der Waals surface area contributed by atoms with Gasteiger partial charge >= 0.3 is 138 Å². The van der Waals surface area contributed by atoms with E-state index in [-0.39, 0.29) is 169 Å². The Labute approximate surface area is 596 Å². The number of nitrogens with one attached hydrogen (secondary N) is 1. The molecule has 75 heavy (non-hydrogen) atoms. The van der Waals surface area contributed by atoms with Gasteiger partial charge in [0.2, 0.25) is 0 Å². The average Bonchev–Trinajstić information content (AvgIpc) is 4.28. The molecule has 11 nitrogen and oxygen atoms in total. The molecule has 2 N–H and O–H groups in total. The molecule has 3 unspecified atom stereocenters. The van der Waals surface area contributed by atoms with Crippen molar-refractivity contribution >= 4 is 111 Å². The number of nitrogens with zero attached hydrogens (tertiary/aromatic N) is 3. The number of aromatic nitrogens is 1. The Kier molecular flexibility index (Phi) is 33.3. The molecule has 0 spiro atoms. The van der Waals surface area contributed by atoms with Gasteiger partial charge in [0.15, 0.2) is 5.88 Å². The number of amides is 3. The van der Waals surface area contributed by atoms with Crippen LogP contribution < -0.4 is 154 Å². The Balaban J connectivity index is 0.000000437. The number of aromatic hydroxyl groups is 1. The van der Waals surface area contributed by atoms with Crippen molar-refractivity contribution in [2.45, 2.75) is 119 Å². The molecule has 3 aromatic heterocycles. The number of hydrogen-bond acceptors (Lipinski definition) is 9. The molecule has 0 aliphatic carbocycles. The zero-order valence-electron chi connectivity index (χ0n) is 45.7. The van der Waals surface area contributed by atoms with Crippen molar-refractivity contribution in [2.75, 3.05) is 18.4 Å². The van der Waals surface area contributed by atoms with Gasteiger partial charge in [-0.2, -0.15) is 0 Å². The first kappa shape index (κ1) is 68.9. The fourth-order valence-electron chi connectivity index (χ4n) is 9.11. The molecular weight excluding hydrogens is 1420 g/mol. The van der Waals surface area contributed by atoms with Crippen LogP contribution in [0, 0.1) is 17.8 Å². The van der Waals surface area contributed by atoms with Crippen LogP contribution in [0.5, 0.6) is 5.88 Å². The maximum Gasteiger partial charge on any atom is 1.00 e. The van der Waals surface area contributed by atoms with Crippen molar-refractivity contribution in [3.63, 3.8) is 0 Å². The van der Waals surface area contributed by atoms with E-state index < -0.39 is 0 Å². The number of benzene rings is 2. The van der Waals surface area contributed by atoms with Crippen LogP contribution in [-0.4, -0.2) is 62.5 Å². The van der Waals surface area contributed by atoms with Crippen molar-refractivity contribution in [1.82, 2.24) is 14.8 Å². The Morgan fingerprint density at radius 2 is 1.11 bits per heavy atom. The normalized spacial score (nSPS) is 14.5. The number of thiophene rings is 2. The van der Waals surface area contributed by atoms with Crippen LogP contribution >= 0.6 is 70.5 Å². The van der Waals surface area contributed by atoms with Gasteiger partial charge in [0.25, 0.3) is 24.2 Å². The molecule has 394 valence electrons. The first-order chi connectivity index (χ1) is 35.4. The summed E-state index contributed by atoms with van der Waals surface area (Å²) in [5.41, 5.74) is 5.75. The summed E-state index contributed by atoms with van der Waals surface area (Å²) in [5.74, 6) is 1.54. The molecule has 5 aromatic rings. The summed E-state index contributed by atoms with van der Waals surface area (Å²) in [4.78, 5) is 64.9. The van der Waals surface area contributed by atoms with Gasteiger partial charge in [-0.05, 0) is 95.3 Å². The topological polar surface area (TPSA) is 155 Å². The minimum Gasteiger partial charge on any atom is -1.00 e. The second-order valence-electron chi connectivity index (χ2n) is 18.2. The van der Waals surface area contributed by atoms with Crippen LogP contribution in [0.15, 0.2) is 109 Å². The number of halogens is 3. The zero-order chi connectivity index (χ0) is 53.0. The summed E-state index contributed by atoms with van der Waals surface area (Å²) in [6.07, 6.45) is 14.3. The number of hydrogen-bond donors (Lipinski definition) is 2. The number of alkyl halides is 1. The van der Waals surface area contributed by atoms with Gasteiger partial charge in [0.05, 0.1) is 39.0 Å². The Morgan fingerprint density at radius 3 is 1.52 bits per heavy atom. The molecule has 0 bridgehead atoms. The summed E-state index contributed by atoms with van der Waals surface area (Å²) >= 11 is 13.5. The van der Waals surface area contributed by atoms with Crippen molar-refractivity contribution in [2.24, 2.45) is 22.7 Å². The molecule has 3 aliphatic heterocycles. The molecule has 18 heteroatoms. The van der Waals surface area contributed by atoms with Crippen LogP contribution in [0.25, 0.3) is 27.2 Å². The van der Waals surface area contributed by atoms with Crippen LogP contribution in [0.3, 0.4) is 0 Å². The van der Waals surface area contributed by atoms with Crippen LogP contribution in [-0.2, 0) is 24.1 Å². The van der Waals surface area contributed by atoms with Gasteiger partial charge < -0.3 is 31.5 Å². The molecule has 3 aliphatic rings. The minimum atomic E-state index is -0.290. The molecule has 2 aromatic carbocycles. The summed E-state index contributed by atoms with van der Waals surface area (Å²) in [6.45, 7) is 14.5. The van der Waals surface area contributed by atoms with Crippen molar-refractivity contribution < 1.29 is 174 Å². The second-order valence-corrected chi connectivity index (χ2v) is 22.6. The summed E-state index contributed by atoms with van der Waals surface area (Å²) < 4.78 is 1.91. The maximum absolute atomic E-state index is 14.3. The molecule has 3 atom stereocenters. The second kappa shape index (κ2) is 36.2. The quantitative estimate of drug-likeness (QED) is 0.0316. The number of H-pyrrole nitrogens is 1. The SMILES string of the molecule is CCCCC(CC)CBr.CCCCC(CC)CN1C(=O)C(c2cccs2)=C2C1=C(c1ccc(Br)cc1)C(=O)N2CC(CC)CCCC.O=C1N=c2c(-c3cccs3)c(O)[nH]c2=C1c1ccc(Br)cc1.O=CO[O-].[Cs+].[Cs+].[H-]. The molecule has 6 heterocycles. The Bertz CT molecular complexity index is 2790. The van der Waals surface area contributed by atoms with Gasteiger partial charge in [0, 0.05) is 37.1 Å².